The minimum absolute atomic E-state index is 0.00728. The summed E-state index contributed by atoms with van der Waals surface area (Å²) in [5, 5.41) is 6.34. The topological polar surface area (TPSA) is 57.9 Å². The van der Waals surface area contributed by atoms with E-state index in [0.717, 1.165) is 31.2 Å². The molecule has 0 radical (unpaired) electrons. The molecular weight excluding hydrogens is 384 g/mol. The number of hydrogen-bond acceptors (Lipinski definition) is 4. The van der Waals surface area contributed by atoms with Crippen LogP contribution in [0.1, 0.15) is 40.9 Å². The van der Waals surface area contributed by atoms with Crippen LogP contribution in [0, 0.1) is 0 Å². The van der Waals surface area contributed by atoms with E-state index in [0.29, 0.717) is 31.7 Å². The van der Waals surface area contributed by atoms with Crippen LogP contribution in [0.2, 0.25) is 0 Å². The summed E-state index contributed by atoms with van der Waals surface area (Å²) in [7, 11) is 0. The summed E-state index contributed by atoms with van der Waals surface area (Å²) in [5.74, 6) is 0.243. The van der Waals surface area contributed by atoms with Gasteiger partial charge in [-0.05, 0) is 36.4 Å². The van der Waals surface area contributed by atoms with E-state index >= 15 is 0 Å². The molecule has 0 aromatic carbocycles. The number of rotatable bonds is 3. The summed E-state index contributed by atoms with van der Waals surface area (Å²) >= 11 is 1.69. The molecule has 3 aromatic rings. The Morgan fingerprint density at radius 2 is 1.72 bits per heavy atom. The fourth-order valence-electron chi connectivity index (χ4n) is 4.78. The van der Waals surface area contributed by atoms with Crippen molar-refractivity contribution >= 4 is 28.7 Å². The Balaban J connectivity index is 1.30. The number of fused-ring (bicyclic) bond motifs is 1. The average Bonchev–Trinajstić information content (AvgIpc) is 3.53. The summed E-state index contributed by atoms with van der Waals surface area (Å²) in [6.07, 6.45) is 7.57. The highest BCUT2D eigenvalue weighted by Gasteiger charge is 2.46. The number of pyridine rings is 1. The molecule has 2 fully saturated rings. The zero-order valence-electron chi connectivity index (χ0n) is 16.3. The molecule has 2 aliphatic rings. The van der Waals surface area contributed by atoms with Gasteiger partial charge in [0.15, 0.2) is 0 Å². The van der Waals surface area contributed by atoms with Crippen molar-refractivity contribution in [1.82, 2.24) is 19.4 Å². The molecule has 4 heterocycles. The molecule has 1 saturated carbocycles. The largest absolute Gasteiger partial charge is 0.338 e. The molecule has 6 nitrogen and oxygen atoms in total. The molecule has 3 aromatic heterocycles. The maximum absolute atomic E-state index is 13.5. The standard InChI is InChI=1S/C22H24N4O2S/c27-20(17-16-23-26-10-4-1-6-18(17)26)24-11-13-25(14-12-24)21(28)22(8-2-3-9-22)19-7-5-15-29-19/h1,4-7,10,15-16H,2-3,8-9,11-14H2. The molecule has 0 spiro atoms. The molecule has 0 N–H and O–H groups in total. The number of amides is 2. The van der Waals surface area contributed by atoms with Gasteiger partial charge in [0.1, 0.15) is 0 Å². The second kappa shape index (κ2) is 7.30. The average molecular weight is 409 g/mol. The third kappa shape index (κ3) is 3.04. The summed E-state index contributed by atoms with van der Waals surface area (Å²) in [6, 6.07) is 9.87. The normalized spacial score (nSPS) is 19.0. The lowest BCUT2D eigenvalue weighted by Crippen LogP contribution is -2.55. The van der Waals surface area contributed by atoms with Gasteiger partial charge in [0.25, 0.3) is 5.91 Å². The van der Waals surface area contributed by atoms with Crippen LogP contribution in [0.15, 0.2) is 48.1 Å². The summed E-state index contributed by atoms with van der Waals surface area (Å²) in [4.78, 5) is 31.6. The fourth-order valence-corrected chi connectivity index (χ4v) is 5.76. The van der Waals surface area contributed by atoms with Crippen LogP contribution < -0.4 is 0 Å². The zero-order chi connectivity index (χ0) is 19.8. The number of carbonyl (C=O) groups is 2. The van der Waals surface area contributed by atoms with Crippen LogP contribution in [-0.4, -0.2) is 57.4 Å². The van der Waals surface area contributed by atoms with Gasteiger partial charge in [0.2, 0.25) is 5.91 Å². The predicted octanol–water partition coefficient (Wildman–Crippen LogP) is 3.19. The fraction of sp³-hybridized carbons (Fsp3) is 0.409. The molecule has 2 amide bonds. The van der Waals surface area contributed by atoms with E-state index in [2.05, 4.69) is 16.5 Å². The Labute approximate surface area is 173 Å². The quantitative estimate of drug-likeness (QED) is 0.669. The van der Waals surface area contributed by atoms with Crippen molar-refractivity contribution < 1.29 is 9.59 Å². The van der Waals surface area contributed by atoms with E-state index in [1.165, 1.54) is 4.88 Å². The summed E-state index contributed by atoms with van der Waals surface area (Å²) in [6.45, 7) is 2.32. The number of hydrogen-bond donors (Lipinski definition) is 0. The molecule has 0 atom stereocenters. The van der Waals surface area contributed by atoms with Gasteiger partial charge < -0.3 is 9.80 Å². The molecule has 1 saturated heterocycles. The SMILES string of the molecule is O=C(c1cnn2ccccc12)N1CCN(C(=O)C2(c3cccs3)CCCC2)CC1. The van der Waals surface area contributed by atoms with E-state index in [-0.39, 0.29) is 17.2 Å². The number of aromatic nitrogens is 2. The van der Waals surface area contributed by atoms with Crippen LogP contribution in [-0.2, 0) is 10.2 Å². The van der Waals surface area contributed by atoms with Crippen molar-refractivity contribution in [3.05, 3.63) is 58.5 Å². The second-order valence-corrected chi connectivity index (χ2v) is 8.89. The van der Waals surface area contributed by atoms with Gasteiger partial charge in [-0.2, -0.15) is 5.10 Å². The lowest BCUT2D eigenvalue weighted by Gasteiger charge is -2.39. The van der Waals surface area contributed by atoms with Gasteiger partial charge in [-0.15, -0.1) is 11.3 Å². The van der Waals surface area contributed by atoms with Gasteiger partial charge in [-0.3, -0.25) is 9.59 Å². The zero-order valence-corrected chi connectivity index (χ0v) is 17.1. The van der Waals surface area contributed by atoms with E-state index in [4.69, 9.17) is 0 Å². The summed E-state index contributed by atoms with van der Waals surface area (Å²) in [5.41, 5.74) is 1.10. The lowest BCUT2D eigenvalue weighted by atomic mass is 9.82. The van der Waals surface area contributed by atoms with Crippen molar-refractivity contribution in [3.8, 4) is 0 Å². The minimum atomic E-state index is -0.344. The van der Waals surface area contributed by atoms with Crippen LogP contribution in [0.4, 0.5) is 0 Å². The molecule has 29 heavy (non-hydrogen) atoms. The first kappa shape index (κ1) is 18.4. The molecule has 1 aliphatic heterocycles. The molecule has 150 valence electrons. The second-order valence-electron chi connectivity index (χ2n) is 7.94. The number of thiophene rings is 1. The maximum atomic E-state index is 13.5. The van der Waals surface area contributed by atoms with E-state index in [9.17, 15) is 9.59 Å². The van der Waals surface area contributed by atoms with Crippen molar-refractivity contribution in [2.24, 2.45) is 0 Å². The third-order valence-corrected chi connectivity index (χ3v) is 7.44. The Morgan fingerprint density at radius 3 is 2.45 bits per heavy atom. The molecule has 1 aliphatic carbocycles. The maximum Gasteiger partial charge on any atom is 0.257 e. The first-order chi connectivity index (χ1) is 14.2. The van der Waals surface area contributed by atoms with Crippen molar-refractivity contribution in [3.63, 3.8) is 0 Å². The van der Waals surface area contributed by atoms with E-state index in [1.807, 2.05) is 40.3 Å². The monoisotopic (exact) mass is 408 g/mol. The van der Waals surface area contributed by atoms with Gasteiger partial charge in [0.05, 0.1) is 22.7 Å². The van der Waals surface area contributed by atoms with E-state index in [1.54, 1.807) is 22.0 Å². The first-order valence-corrected chi connectivity index (χ1v) is 11.1. The first-order valence-electron chi connectivity index (χ1n) is 10.2. The highest BCUT2D eigenvalue weighted by atomic mass is 32.1. The van der Waals surface area contributed by atoms with Crippen molar-refractivity contribution in [2.75, 3.05) is 26.2 Å². The molecular formula is C22H24N4O2S. The smallest absolute Gasteiger partial charge is 0.257 e. The summed E-state index contributed by atoms with van der Waals surface area (Å²) < 4.78 is 1.72. The Hall–Kier alpha value is -2.67. The highest BCUT2D eigenvalue weighted by molar-refractivity contribution is 7.10. The van der Waals surface area contributed by atoms with Gasteiger partial charge in [-0.25, -0.2) is 4.52 Å². The highest BCUT2D eigenvalue weighted by Crippen LogP contribution is 2.44. The number of carbonyl (C=O) groups excluding carboxylic acids is 2. The molecule has 7 heteroatoms. The molecule has 5 rings (SSSR count). The Bertz CT molecular complexity index is 1030. The van der Waals surface area contributed by atoms with Crippen LogP contribution in [0.5, 0.6) is 0 Å². The Kier molecular flexibility index (Phi) is 4.62. The van der Waals surface area contributed by atoms with E-state index < -0.39 is 0 Å². The van der Waals surface area contributed by atoms with Crippen molar-refractivity contribution in [1.29, 1.82) is 0 Å². The third-order valence-electron chi connectivity index (χ3n) is 6.37. The van der Waals surface area contributed by atoms with Gasteiger partial charge in [0, 0.05) is 37.3 Å². The Morgan fingerprint density at radius 1 is 0.966 bits per heavy atom. The molecule has 0 bridgehead atoms. The minimum Gasteiger partial charge on any atom is -0.338 e. The lowest BCUT2D eigenvalue weighted by molar-refractivity contribution is -0.138. The predicted molar refractivity (Wildman–Crippen MR) is 112 cm³/mol. The van der Waals surface area contributed by atoms with Crippen LogP contribution in [0.25, 0.3) is 5.52 Å². The molecule has 0 unspecified atom stereocenters. The number of nitrogens with zero attached hydrogens (tertiary/aromatic N) is 4. The van der Waals surface area contributed by atoms with Crippen LogP contribution >= 0.6 is 11.3 Å². The van der Waals surface area contributed by atoms with Crippen molar-refractivity contribution in [2.45, 2.75) is 31.1 Å². The van der Waals surface area contributed by atoms with Gasteiger partial charge >= 0.3 is 0 Å². The number of piperazine rings is 1. The van der Waals surface area contributed by atoms with Gasteiger partial charge in [-0.1, -0.05) is 25.0 Å². The van der Waals surface area contributed by atoms with Crippen LogP contribution in [0.3, 0.4) is 0 Å².